The average molecular weight is 226 g/mol. The highest BCUT2D eigenvalue weighted by Gasteiger charge is 2.30. The molecule has 2 unspecified atom stereocenters. The van der Waals surface area contributed by atoms with E-state index < -0.39 is 0 Å². The Labute approximate surface area is 102 Å². The summed E-state index contributed by atoms with van der Waals surface area (Å²) in [6.45, 7) is 11.5. The maximum Gasteiger partial charge on any atom is 0.00954 e. The molecule has 0 amide bonds. The number of hydrogen-bond donors (Lipinski definition) is 1. The van der Waals surface area contributed by atoms with Crippen LogP contribution in [0.25, 0.3) is 0 Å². The Morgan fingerprint density at radius 1 is 1.38 bits per heavy atom. The zero-order valence-electron chi connectivity index (χ0n) is 11.6. The Morgan fingerprint density at radius 2 is 2.06 bits per heavy atom. The molecular formula is C14H30N2. The molecule has 0 spiro atoms. The van der Waals surface area contributed by atoms with Gasteiger partial charge in [0.15, 0.2) is 0 Å². The summed E-state index contributed by atoms with van der Waals surface area (Å²) in [6, 6.07) is 1.09. The maximum absolute atomic E-state index is 6.08. The van der Waals surface area contributed by atoms with Crippen molar-refractivity contribution in [1.82, 2.24) is 4.90 Å². The van der Waals surface area contributed by atoms with Gasteiger partial charge < -0.3 is 5.73 Å². The van der Waals surface area contributed by atoms with Gasteiger partial charge in [-0.25, -0.2) is 0 Å². The predicted molar refractivity (Wildman–Crippen MR) is 71.6 cm³/mol. The fourth-order valence-corrected chi connectivity index (χ4v) is 2.60. The first kappa shape index (κ1) is 14.0. The lowest BCUT2D eigenvalue weighted by atomic mass is 9.84. The first-order chi connectivity index (χ1) is 7.47. The number of nitrogens with zero attached hydrogens (tertiary/aromatic N) is 1. The molecular weight excluding hydrogens is 196 g/mol. The molecule has 2 N–H and O–H groups in total. The smallest absolute Gasteiger partial charge is 0.00954 e. The lowest BCUT2D eigenvalue weighted by Crippen LogP contribution is -2.49. The minimum absolute atomic E-state index is 0.239. The highest BCUT2D eigenvalue weighted by atomic mass is 15.2. The van der Waals surface area contributed by atoms with Crippen LogP contribution in [0.2, 0.25) is 0 Å². The third kappa shape index (κ3) is 3.74. The van der Waals surface area contributed by atoms with Gasteiger partial charge in [0.25, 0.3) is 0 Å². The van der Waals surface area contributed by atoms with Gasteiger partial charge in [-0.3, -0.25) is 4.90 Å². The average Bonchev–Trinajstić information content (AvgIpc) is 2.20. The van der Waals surface area contributed by atoms with Crippen LogP contribution >= 0.6 is 0 Å². The highest BCUT2D eigenvalue weighted by molar-refractivity contribution is 4.86. The fraction of sp³-hybridized carbons (Fsp3) is 1.00. The van der Waals surface area contributed by atoms with E-state index in [4.69, 9.17) is 5.73 Å². The van der Waals surface area contributed by atoms with E-state index in [1.165, 1.54) is 38.6 Å². The monoisotopic (exact) mass is 226 g/mol. The molecule has 0 aromatic rings. The van der Waals surface area contributed by atoms with E-state index in [1.54, 1.807) is 0 Å². The molecule has 1 heterocycles. The van der Waals surface area contributed by atoms with E-state index in [0.717, 1.165) is 12.6 Å². The van der Waals surface area contributed by atoms with Crippen molar-refractivity contribution in [2.45, 2.75) is 71.9 Å². The molecule has 1 saturated heterocycles. The van der Waals surface area contributed by atoms with Crippen LogP contribution in [0.3, 0.4) is 0 Å². The molecule has 1 aliphatic rings. The minimum atomic E-state index is 0.239. The lowest BCUT2D eigenvalue weighted by molar-refractivity contribution is 0.0809. The van der Waals surface area contributed by atoms with Crippen LogP contribution in [-0.2, 0) is 0 Å². The second-order valence-corrected chi connectivity index (χ2v) is 6.19. The molecule has 0 saturated carbocycles. The number of nitrogens with two attached hydrogens (primary N) is 1. The topological polar surface area (TPSA) is 29.3 Å². The maximum atomic E-state index is 6.08. The molecule has 0 radical (unpaired) electrons. The van der Waals surface area contributed by atoms with Crippen molar-refractivity contribution in [3.05, 3.63) is 0 Å². The summed E-state index contributed by atoms with van der Waals surface area (Å²) < 4.78 is 0. The molecule has 1 rings (SSSR count). The molecule has 0 aromatic heterocycles. The first-order valence-corrected chi connectivity index (χ1v) is 6.97. The Bertz CT molecular complexity index is 197. The van der Waals surface area contributed by atoms with Crippen LogP contribution in [0, 0.1) is 5.41 Å². The molecule has 96 valence electrons. The van der Waals surface area contributed by atoms with E-state index in [-0.39, 0.29) is 11.5 Å². The number of hydrogen-bond acceptors (Lipinski definition) is 2. The SMILES string of the molecule is CCCC1CCCCN1CC(C)(C)C(C)N. The lowest BCUT2D eigenvalue weighted by Gasteiger charge is -2.42. The summed E-state index contributed by atoms with van der Waals surface area (Å²) in [5.74, 6) is 0. The van der Waals surface area contributed by atoms with Gasteiger partial charge in [-0.2, -0.15) is 0 Å². The molecule has 0 aromatic carbocycles. The van der Waals surface area contributed by atoms with Gasteiger partial charge in [-0.05, 0) is 38.1 Å². The zero-order valence-corrected chi connectivity index (χ0v) is 11.6. The van der Waals surface area contributed by atoms with Gasteiger partial charge in [0.05, 0.1) is 0 Å². The van der Waals surface area contributed by atoms with Gasteiger partial charge in [-0.15, -0.1) is 0 Å². The van der Waals surface area contributed by atoms with Crippen LogP contribution in [0.4, 0.5) is 0 Å². The number of piperidine rings is 1. The molecule has 2 nitrogen and oxygen atoms in total. The van der Waals surface area contributed by atoms with E-state index in [9.17, 15) is 0 Å². The second kappa shape index (κ2) is 6.02. The molecule has 0 bridgehead atoms. The van der Waals surface area contributed by atoms with E-state index >= 15 is 0 Å². The van der Waals surface area contributed by atoms with Crippen molar-refractivity contribution in [3.63, 3.8) is 0 Å². The highest BCUT2D eigenvalue weighted by Crippen LogP contribution is 2.27. The van der Waals surface area contributed by atoms with Crippen LogP contribution in [0.1, 0.15) is 59.8 Å². The second-order valence-electron chi connectivity index (χ2n) is 6.19. The van der Waals surface area contributed by atoms with Crippen molar-refractivity contribution >= 4 is 0 Å². The van der Waals surface area contributed by atoms with Gasteiger partial charge in [0.2, 0.25) is 0 Å². The summed E-state index contributed by atoms with van der Waals surface area (Å²) in [5, 5.41) is 0. The summed E-state index contributed by atoms with van der Waals surface area (Å²) >= 11 is 0. The van der Waals surface area contributed by atoms with Crippen molar-refractivity contribution in [2.75, 3.05) is 13.1 Å². The van der Waals surface area contributed by atoms with Crippen LogP contribution in [0.15, 0.2) is 0 Å². The molecule has 1 fully saturated rings. The van der Waals surface area contributed by atoms with E-state index in [1.807, 2.05) is 0 Å². The Hall–Kier alpha value is -0.0800. The molecule has 2 atom stereocenters. The molecule has 16 heavy (non-hydrogen) atoms. The Balaban J connectivity index is 2.55. The van der Waals surface area contributed by atoms with Crippen molar-refractivity contribution in [2.24, 2.45) is 11.1 Å². The summed E-state index contributed by atoms with van der Waals surface area (Å²) in [7, 11) is 0. The standard InChI is InChI=1S/C14H30N2/c1-5-8-13-9-6-7-10-16(13)11-14(3,4)12(2)15/h12-13H,5-11,15H2,1-4H3. The van der Waals surface area contributed by atoms with Gasteiger partial charge in [0, 0.05) is 18.6 Å². The van der Waals surface area contributed by atoms with Gasteiger partial charge in [-0.1, -0.05) is 33.6 Å². The number of rotatable bonds is 5. The first-order valence-electron chi connectivity index (χ1n) is 6.97. The van der Waals surface area contributed by atoms with Gasteiger partial charge >= 0.3 is 0 Å². The van der Waals surface area contributed by atoms with Crippen molar-refractivity contribution in [3.8, 4) is 0 Å². The Morgan fingerprint density at radius 3 is 2.62 bits per heavy atom. The largest absolute Gasteiger partial charge is 0.327 e. The Kier molecular flexibility index (Phi) is 5.26. The molecule has 2 heteroatoms. The quantitative estimate of drug-likeness (QED) is 0.781. The predicted octanol–water partition coefficient (Wildman–Crippen LogP) is 3.01. The fourth-order valence-electron chi connectivity index (χ4n) is 2.60. The van der Waals surface area contributed by atoms with Crippen LogP contribution in [-0.4, -0.2) is 30.1 Å². The van der Waals surface area contributed by atoms with E-state index in [2.05, 4.69) is 32.6 Å². The van der Waals surface area contributed by atoms with E-state index in [0.29, 0.717) is 0 Å². The normalized spacial score (nSPS) is 25.7. The van der Waals surface area contributed by atoms with Gasteiger partial charge in [0.1, 0.15) is 0 Å². The van der Waals surface area contributed by atoms with Crippen molar-refractivity contribution in [1.29, 1.82) is 0 Å². The minimum Gasteiger partial charge on any atom is -0.327 e. The number of likely N-dealkylation sites (tertiary alicyclic amines) is 1. The molecule has 1 aliphatic heterocycles. The molecule has 0 aliphatic carbocycles. The van der Waals surface area contributed by atoms with Crippen LogP contribution < -0.4 is 5.73 Å². The third-order valence-corrected chi connectivity index (χ3v) is 4.21. The van der Waals surface area contributed by atoms with Crippen molar-refractivity contribution < 1.29 is 0 Å². The summed E-state index contributed by atoms with van der Waals surface area (Å²) in [4.78, 5) is 2.69. The zero-order chi connectivity index (χ0) is 12.2. The third-order valence-electron chi connectivity index (χ3n) is 4.21. The summed E-state index contributed by atoms with van der Waals surface area (Å²) in [6.07, 6.45) is 6.84. The van der Waals surface area contributed by atoms with Crippen LogP contribution in [0.5, 0.6) is 0 Å². The summed E-state index contributed by atoms with van der Waals surface area (Å²) in [5.41, 5.74) is 6.32.